The van der Waals surface area contributed by atoms with E-state index in [1.165, 1.54) is 46.7 Å². The Morgan fingerprint density at radius 2 is 1.10 bits per heavy atom. The van der Waals surface area contributed by atoms with Gasteiger partial charge in [0.15, 0.2) is 5.78 Å². The van der Waals surface area contributed by atoms with Crippen molar-refractivity contribution < 1.29 is 29.0 Å². The number of amides is 1. The van der Waals surface area contributed by atoms with Crippen LogP contribution in [0.15, 0.2) is 97.1 Å². The molecule has 51 heavy (non-hydrogen) atoms. The predicted octanol–water partition coefficient (Wildman–Crippen LogP) is 8.14. The molecule has 0 aliphatic heterocycles. The summed E-state index contributed by atoms with van der Waals surface area (Å²) >= 11 is 0. The summed E-state index contributed by atoms with van der Waals surface area (Å²) in [5.74, 6) is -0.196. The zero-order chi connectivity index (χ0) is 36.6. The molecular weight excluding hydrogens is 640 g/mol. The Balaban J connectivity index is 0.000000218. The molecule has 4 aromatic carbocycles. The first-order valence-corrected chi connectivity index (χ1v) is 18.1. The van der Waals surface area contributed by atoms with Gasteiger partial charge in [0, 0.05) is 24.9 Å². The Labute approximate surface area is 302 Å². The van der Waals surface area contributed by atoms with Gasteiger partial charge in [0.2, 0.25) is 0 Å². The number of ether oxygens (including phenoxy) is 2. The normalized spacial score (nSPS) is 12.8. The van der Waals surface area contributed by atoms with Crippen molar-refractivity contribution >= 4 is 17.8 Å². The van der Waals surface area contributed by atoms with Crippen LogP contribution in [0.25, 0.3) is 22.3 Å². The number of benzene rings is 4. The summed E-state index contributed by atoms with van der Waals surface area (Å²) in [4.78, 5) is 35.7. The number of nitrogens with one attached hydrogen (secondary N) is 1. The van der Waals surface area contributed by atoms with E-state index >= 15 is 0 Å². The molecule has 2 aliphatic rings. The van der Waals surface area contributed by atoms with Crippen molar-refractivity contribution in [2.45, 2.75) is 77.2 Å². The minimum absolute atomic E-state index is 0.0103. The minimum atomic E-state index is -0.551. The van der Waals surface area contributed by atoms with Crippen LogP contribution in [-0.2, 0) is 19.1 Å². The average molecular weight is 693 g/mol. The number of carbonyl (C=O) groups excluding carboxylic acids is 3. The van der Waals surface area contributed by atoms with Crippen LogP contribution in [-0.4, -0.2) is 55.4 Å². The third-order valence-electron chi connectivity index (χ3n) is 8.99. The van der Waals surface area contributed by atoms with Crippen molar-refractivity contribution in [2.75, 3.05) is 26.4 Å². The number of nitrogens with two attached hydrogens (primary N) is 1. The predicted molar refractivity (Wildman–Crippen MR) is 203 cm³/mol. The first kappa shape index (κ1) is 39.0. The summed E-state index contributed by atoms with van der Waals surface area (Å²) in [6.45, 7) is 6.93. The standard InChI is InChI=1S/C22H26N2O3.C18H18O3.C3H8/c1-15(25)21(12-6-7-13-23)24-22(26)27-14-20-18-10-4-2-8-16(18)17-9-3-5-11-19(17)20;19-11-5-10-18(20)21-12-17-15-8-3-1-6-13(15)14-7-2-4-9-16(14)17;1-3-2/h2-5,8-11,20-21H,6-7,12-14,23H2,1H3,(H,24,26);1-4,6-9,17,19H,5,10-12H2;3H2,1-2H3/t21-;;/m0../s1. The molecule has 0 aromatic heterocycles. The van der Waals surface area contributed by atoms with Crippen LogP contribution in [0.2, 0.25) is 0 Å². The molecule has 0 saturated heterocycles. The Hall–Kier alpha value is -4.79. The van der Waals surface area contributed by atoms with Crippen LogP contribution in [0.5, 0.6) is 0 Å². The molecule has 2 aliphatic carbocycles. The molecular formula is C43H52N2O6. The Morgan fingerprint density at radius 3 is 1.49 bits per heavy atom. The number of aliphatic hydroxyl groups is 1. The highest BCUT2D eigenvalue weighted by atomic mass is 16.5. The van der Waals surface area contributed by atoms with E-state index in [1.54, 1.807) is 0 Å². The fourth-order valence-corrected chi connectivity index (χ4v) is 6.56. The van der Waals surface area contributed by atoms with Crippen LogP contribution in [0, 0.1) is 0 Å². The highest BCUT2D eigenvalue weighted by molar-refractivity contribution is 5.85. The van der Waals surface area contributed by atoms with Crippen molar-refractivity contribution in [3.05, 3.63) is 119 Å². The molecule has 0 heterocycles. The topological polar surface area (TPSA) is 128 Å². The molecule has 0 radical (unpaired) electrons. The van der Waals surface area contributed by atoms with Crippen LogP contribution in [0.1, 0.15) is 93.4 Å². The van der Waals surface area contributed by atoms with E-state index in [9.17, 15) is 14.4 Å². The summed E-state index contributed by atoms with van der Waals surface area (Å²) in [7, 11) is 0. The first-order chi connectivity index (χ1) is 24.8. The fourth-order valence-electron chi connectivity index (χ4n) is 6.56. The lowest BCUT2D eigenvalue weighted by Crippen LogP contribution is -2.40. The molecule has 8 heteroatoms. The summed E-state index contributed by atoms with van der Waals surface area (Å²) in [6.07, 6.45) is 3.63. The minimum Gasteiger partial charge on any atom is -0.465 e. The van der Waals surface area contributed by atoms with Crippen LogP contribution in [0.3, 0.4) is 0 Å². The maximum Gasteiger partial charge on any atom is 0.407 e. The number of hydrogen-bond acceptors (Lipinski definition) is 7. The smallest absolute Gasteiger partial charge is 0.407 e. The molecule has 1 atom stereocenters. The zero-order valence-electron chi connectivity index (χ0n) is 30.1. The number of hydrogen-bond donors (Lipinski definition) is 3. The Morgan fingerprint density at radius 1 is 0.686 bits per heavy atom. The third kappa shape index (κ3) is 10.4. The van der Waals surface area contributed by atoms with Crippen LogP contribution in [0.4, 0.5) is 4.79 Å². The number of Topliss-reactive ketones (excluding diaryl/α,β-unsaturated/α-hetero) is 1. The monoisotopic (exact) mass is 692 g/mol. The lowest BCUT2D eigenvalue weighted by molar-refractivity contribution is -0.144. The molecule has 0 spiro atoms. The number of rotatable bonds is 13. The SMILES string of the molecule is CC(=O)[C@H](CCCCN)NC(=O)OCC1c2ccccc2-c2ccccc21.CCC.O=C(CCCO)OCC1c2ccccc2-c2ccccc21. The van der Waals surface area contributed by atoms with Gasteiger partial charge in [-0.25, -0.2) is 4.79 Å². The van der Waals surface area contributed by atoms with Gasteiger partial charge in [-0.05, 0) is 83.7 Å². The van der Waals surface area contributed by atoms with Gasteiger partial charge in [0.1, 0.15) is 13.2 Å². The fraction of sp³-hybridized carbons (Fsp3) is 0.372. The average Bonchev–Trinajstić information content (AvgIpc) is 3.65. The largest absolute Gasteiger partial charge is 0.465 e. The number of ketones is 1. The van der Waals surface area contributed by atoms with E-state index in [4.69, 9.17) is 20.3 Å². The maximum absolute atomic E-state index is 12.3. The van der Waals surface area contributed by atoms with Crippen molar-refractivity contribution in [3.63, 3.8) is 0 Å². The summed E-state index contributed by atoms with van der Waals surface area (Å²) in [5, 5.41) is 11.4. The molecule has 0 unspecified atom stereocenters. The number of carbonyl (C=O) groups is 3. The molecule has 4 aromatic rings. The van der Waals surface area contributed by atoms with Gasteiger partial charge in [-0.15, -0.1) is 0 Å². The molecule has 4 N–H and O–H groups in total. The highest BCUT2D eigenvalue weighted by Gasteiger charge is 2.30. The lowest BCUT2D eigenvalue weighted by Gasteiger charge is -2.18. The number of aliphatic hydroxyl groups excluding tert-OH is 1. The highest BCUT2D eigenvalue weighted by Crippen LogP contribution is 2.45. The van der Waals surface area contributed by atoms with Gasteiger partial charge in [0.05, 0.1) is 6.04 Å². The second kappa shape index (κ2) is 20.2. The number of unbranched alkanes of at least 4 members (excludes halogenated alkanes) is 1. The molecule has 6 rings (SSSR count). The van der Waals surface area contributed by atoms with Crippen LogP contribution < -0.4 is 11.1 Å². The van der Waals surface area contributed by atoms with Crippen molar-refractivity contribution in [1.29, 1.82) is 0 Å². The number of fused-ring (bicyclic) bond motifs is 6. The second-order valence-corrected chi connectivity index (χ2v) is 12.9. The van der Waals surface area contributed by atoms with E-state index in [0.29, 0.717) is 26.0 Å². The van der Waals surface area contributed by atoms with E-state index in [2.05, 4.69) is 67.7 Å². The zero-order valence-corrected chi connectivity index (χ0v) is 30.1. The molecule has 0 fully saturated rings. The van der Waals surface area contributed by atoms with E-state index in [-0.39, 0.29) is 43.2 Å². The number of alkyl carbamates (subject to hydrolysis) is 1. The lowest BCUT2D eigenvalue weighted by atomic mass is 9.98. The summed E-state index contributed by atoms with van der Waals surface area (Å²) < 4.78 is 10.9. The van der Waals surface area contributed by atoms with Gasteiger partial charge >= 0.3 is 12.1 Å². The van der Waals surface area contributed by atoms with Crippen molar-refractivity contribution in [2.24, 2.45) is 5.73 Å². The molecule has 8 nitrogen and oxygen atoms in total. The van der Waals surface area contributed by atoms with E-state index in [1.807, 2.05) is 48.5 Å². The molecule has 0 saturated carbocycles. The van der Waals surface area contributed by atoms with E-state index < -0.39 is 12.1 Å². The van der Waals surface area contributed by atoms with Crippen LogP contribution >= 0.6 is 0 Å². The molecule has 270 valence electrons. The molecule has 1 amide bonds. The Kier molecular flexibility index (Phi) is 15.4. The van der Waals surface area contributed by atoms with Crippen molar-refractivity contribution in [1.82, 2.24) is 5.32 Å². The van der Waals surface area contributed by atoms with E-state index in [0.717, 1.165) is 24.0 Å². The Bertz CT molecular complexity index is 1650. The first-order valence-electron chi connectivity index (χ1n) is 18.1. The quantitative estimate of drug-likeness (QED) is 0.0953. The summed E-state index contributed by atoms with van der Waals surface area (Å²) in [5.41, 5.74) is 15.1. The summed E-state index contributed by atoms with van der Waals surface area (Å²) in [6, 6.07) is 32.4. The van der Waals surface area contributed by atoms with Gasteiger partial charge in [0.25, 0.3) is 0 Å². The third-order valence-corrected chi connectivity index (χ3v) is 8.99. The van der Waals surface area contributed by atoms with Gasteiger partial charge in [-0.1, -0.05) is 117 Å². The second-order valence-electron chi connectivity index (χ2n) is 12.9. The maximum atomic E-state index is 12.3. The van der Waals surface area contributed by atoms with Gasteiger partial charge in [-0.2, -0.15) is 0 Å². The molecule has 0 bridgehead atoms. The van der Waals surface area contributed by atoms with Gasteiger partial charge < -0.3 is 25.6 Å². The van der Waals surface area contributed by atoms with Gasteiger partial charge in [-0.3, -0.25) is 9.59 Å². The number of esters is 1. The van der Waals surface area contributed by atoms with Crippen molar-refractivity contribution in [3.8, 4) is 22.3 Å².